The molecule has 0 aliphatic carbocycles. The maximum absolute atomic E-state index is 12.6. The molecule has 134 valence electrons. The van der Waals surface area contributed by atoms with Gasteiger partial charge in [-0.1, -0.05) is 36.7 Å². The van der Waals surface area contributed by atoms with Crippen molar-refractivity contribution in [3.05, 3.63) is 34.9 Å². The Morgan fingerprint density at radius 3 is 2.54 bits per heavy atom. The molecule has 0 aromatic heterocycles. The van der Waals surface area contributed by atoms with E-state index in [1.54, 1.807) is 24.3 Å². The van der Waals surface area contributed by atoms with Crippen LogP contribution >= 0.6 is 11.6 Å². The first-order valence-electron chi connectivity index (χ1n) is 8.35. The highest BCUT2D eigenvalue weighted by Gasteiger charge is 2.31. The molecule has 0 saturated carbocycles. The minimum absolute atomic E-state index is 0.0347. The van der Waals surface area contributed by atoms with Gasteiger partial charge in [-0.15, -0.1) is 0 Å². The third-order valence-corrected chi connectivity index (χ3v) is 6.71. The third-order valence-electron chi connectivity index (χ3n) is 4.51. The molecule has 1 amide bonds. The SMILES string of the molecule is CC[C@@H](C)NC(=O)C1CCN(S(=O)(=O)Cc2ccccc2Cl)CC1. The first-order chi connectivity index (χ1) is 11.3. The van der Waals surface area contributed by atoms with E-state index in [1.807, 2.05) is 13.8 Å². The van der Waals surface area contributed by atoms with E-state index in [0.717, 1.165) is 6.42 Å². The first kappa shape index (κ1) is 19.2. The van der Waals surface area contributed by atoms with Crippen LogP contribution in [0.15, 0.2) is 24.3 Å². The van der Waals surface area contributed by atoms with Crippen molar-refractivity contribution in [2.75, 3.05) is 13.1 Å². The van der Waals surface area contributed by atoms with Crippen LogP contribution in [0, 0.1) is 5.92 Å². The van der Waals surface area contributed by atoms with E-state index in [9.17, 15) is 13.2 Å². The Morgan fingerprint density at radius 2 is 1.96 bits per heavy atom. The predicted octanol–water partition coefficient (Wildman–Crippen LogP) is 2.80. The first-order valence-corrected chi connectivity index (χ1v) is 10.3. The molecule has 5 nitrogen and oxygen atoms in total. The highest BCUT2D eigenvalue weighted by Crippen LogP contribution is 2.24. The topological polar surface area (TPSA) is 66.5 Å². The number of rotatable bonds is 6. The van der Waals surface area contributed by atoms with Crippen LogP contribution in [0.3, 0.4) is 0 Å². The Balaban J connectivity index is 1.93. The Labute approximate surface area is 149 Å². The summed E-state index contributed by atoms with van der Waals surface area (Å²) in [7, 11) is -3.42. The number of carbonyl (C=O) groups is 1. The number of hydrogen-bond acceptors (Lipinski definition) is 3. The van der Waals surface area contributed by atoms with Gasteiger partial charge >= 0.3 is 0 Å². The van der Waals surface area contributed by atoms with E-state index < -0.39 is 10.0 Å². The van der Waals surface area contributed by atoms with Crippen molar-refractivity contribution >= 4 is 27.5 Å². The van der Waals surface area contributed by atoms with E-state index >= 15 is 0 Å². The van der Waals surface area contributed by atoms with Crippen LogP contribution in [0.5, 0.6) is 0 Å². The third kappa shape index (κ3) is 4.94. The van der Waals surface area contributed by atoms with Crippen LogP contribution < -0.4 is 5.32 Å². The second-order valence-electron chi connectivity index (χ2n) is 6.34. The van der Waals surface area contributed by atoms with Gasteiger partial charge in [0.15, 0.2) is 0 Å². The van der Waals surface area contributed by atoms with Crippen LogP contribution in [0.25, 0.3) is 0 Å². The number of carbonyl (C=O) groups excluding carboxylic acids is 1. The smallest absolute Gasteiger partial charge is 0.223 e. The highest BCUT2D eigenvalue weighted by atomic mass is 35.5. The number of sulfonamides is 1. The Morgan fingerprint density at radius 1 is 1.33 bits per heavy atom. The van der Waals surface area contributed by atoms with Crippen molar-refractivity contribution in [2.45, 2.75) is 44.9 Å². The fraction of sp³-hybridized carbons (Fsp3) is 0.588. The van der Waals surface area contributed by atoms with Gasteiger partial charge in [0.1, 0.15) is 0 Å². The number of halogens is 1. The zero-order valence-electron chi connectivity index (χ0n) is 14.2. The number of nitrogens with one attached hydrogen (secondary N) is 1. The van der Waals surface area contributed by atoms with Crippen molar-refractivity contribution in [3.63, 3.8) is 0 Å². The van der Waals surface area contributed by atoms with E-state index in [0.29, 0.717) is 36.5 Å². The Hall–Kier alpha value is -1.11. The molecule has 1 aliphatic heterocycles. The van der Waals surface area contributed by atoms with Gasteiger partial charge in [-0.2, -0.15) is 0 Å². The summed E-state index contributed by atoms with van der Waals surface area (Å²) in [4.78, 5) is 12.2. The monoisotopic (exact) mass is 372 g/mol. The lowest BCUT2D eigenvalue weighted by Gasteiger charge is -2.31. The lowest BCUT2D eigenvalue weighted by molar-refractivity contribution is -0.126. The van der Waals surface area contributed by atoms with Gasteiger partial charge in [-0.3, -0.25) is 4.79 Å². The standard InChI is InChI=1S/C17H25ClN2O3S/c1-3-13(2)19-17(21)14-8-10-20(11-9-14)24(22,23)12-15-6-4-5-7-16(15)18/h4-7,13-14H,3,8-12H2,1-2H3,(H,19,21)/t13-/m1/s1. The molecule has 0 radical (unpaired) electrons. The maximum atomic E-state index is 12.6. The van der Waals surface area contributed by atoms with Crippen molar-refractivity contribution in [2.24, 2.45) is 5.92 Å². The molecule has 0 unspecified atom stereocenters. The number of piperidine rings is 1. The summed E-state index contributed by atoms with van der Waals surface area (Å²) in [6.45, 7) is 4.76. The molecule has 0 spiro atoms. The van der Waals surface area contributed by atoms with Crippen LogP contribution in [0.2, 0.25) is 5.02 Å². The van der Waals surface area contributed by atoms with E-state index in [1.165, 1.54) is 4.31 Å². The molecule has 1 heterocycles. The van der Waals surface area contributed by atoms with Crippen LogP contribution in [0.1, 0.15) is 38.7 Å². The van der Waals surface area contributed by atoms with Gasteiger partial charge in [-0.25, -0.2) is 12.7 Å². The number of benzene rings is 1. The van der Waals surface area contributed by atoms with Gasteiger partial charge in [-0.05, 0) is 37.8 Å². The summed E-state index contributed by atoms with van der Waals surface area (Å²) in [5, 5.41) is 3.44. The molecule has 0 bridgehead atoms. The quantitative estimate of drug-likeness (QED) is 0.834. The normalized spacial score (nSPS) is 18.3. The molecule has 2 rings (SSSR count). The molecule has 1 aliphatic rings. The summed E-state index contributed by atoms with van der Waals surface area (Å²) in [5.74, 6) is -0.172. The van der Waals surface area contributed by atoms with Crippen molar-refractivity contribution in [3.8, 4) is 0 Å². The van der Waals surface area contributed by atoms with E-state index in [4.69, 9.17) is 11.6 Å². The van der Waals surface area contributed by atoms with Crippen LogP contribution in [0.4, 0.5) is 0 Å². The molecule has 1 N–H and O–H groups in total. The van der Waals surface area contributed by atoms with E-state index in [-0.39, 0.29) is 23.6 Å². The van der Waals surface area contributed by atoms with Crippen molar-refractivity contribution in [1.82, 2.24) is 9.62 Å². The van der Waals surface area contributed by atoms with Gasteiger partial charge in [0.2, 0.25) is 15.9 Å². The highest BCUT2D eigenvalue weighted by molar-refractivity contribution is 7.88. The van der Waals surface area contributed by atoms with Gasteiger partial charge in [0.25, 0.3) is 0 Å². The summed E-state index contributed by atoms with van der Waals surface area (Å²) >= 11 is 6.06. The molecular formula is C17H25ClN2O3S. The average Bonchev–Trinajstić information content (AvgIpc) is 2.56. The lowest BCUT2D eigenvalue weighted by atomic mass is 9.97. The van der Waals surface area contributed by atoms with Gasteiger partial charge in [0, 0.05) is 30.1 Å². The molecule has 7 heteroatoms. The van der Waals surface area contributed by atoms with Crippen LogP contribution in [-0.4, -0.2) is 37.8 Å². The van der Waals surface area contributed by atoms with Crippen molar-refractivity contribution < 1.29 is 13.2 Å². The summed E-state index contributed by atoms with van der Waals surface area (Å²) in [6.07, 6.45) is 2.00. The van der Waals surface area contributed by atoms with Gasteiger partial charge < -0.3 is 5.32 Å². The fourth-order valence-corrected chi connectivity index (χ4v) is 4.64. The second-order valence-corrected chi connectivity index (χ2v) is 8.71. The fourth-order valence-electron chi connectivity index (χ4n) is 2.76. The Bertz CT molecular complexity index is 670. The zero-order chi connectivity index (χ0) is 17.7. The minimum Gasteiger partial charge on any atom is -0.353 e. The van der Waals surface area contributed by atoms with E-state index in [2.05, 4.69) is 5.32 Å². The number of nitrogens with zero attached hydrogens (tertiary/aromatic N) is 1. The van der Waals surface area contributed by atoms with Gasteiger partial charge in [0.05, 0.1) is 5.75 Å². The molecule has 1 atom stereocenters. The summed E-state index contributed by atoms with van der Waals surface area (Å²) in [5.41, 5.74) is 0.607. The molecule has 1 fully saturated rings. The molecule has 24 heavy (non-hydrogen) atoms. The number of hydrogen-bond donors (Lipinski definition) is 1. The molecular weight excluding hydrogens is 348 g/mol. The summed E-state index contributed by atoms with van der Waals surface area (Å²) in [6, 6.07) is 7.13. The molecule has 1 aromatic carbocycles. The molecule has 1 aromatic rings. The second kappa shape index (κ2) is 8.32. The predicted molar refractivity (Wildman–Crippen MR) is 96.3 cm³/mol. The summed E-state index contributed by atoms with van der Waals surface area (Å²) < 4.78 is 26.6. The van der Waals surface area contributed by atoms with Crippen molar-refractivity contribution in [1.29, 1.82) is 0 Å². The minimum atomic E-state index is -3.42. The zero-order valence-corrected chi connectivity index (χ0v) is 15.7. The molecule has 1 saturated heterocycles. The van der Waals surface area contributed by atoms with Crippen LogP contribution in [-0.2, 0) is 20.6 Å². The average molecular weight is 373 g/mol. The lowest BCUT2D eigenvalue weighted by Crippen LogP contribution is -2.44. The maximum Gasteiger partial charge on any atom is 0.223 e. The number of amides is 1. The largest absolute Gasteiger partial charge is 0.353 e. The Kier molecular flexibility index (Phi) is 6.66.